The van der Waals surface area contributed by atoms with E-state index >= 15 is 0 Å². The summed E-state index contributed by atoms with van der Waals surface area (Å²) in [6.07, 6.45) is 9.42. The van der Waals surface area contributed by atoms with E-state index in [1.807, 2.05) is 35.0 Å². The molecule has 3 nitrogen and oxygen atoms in total. The molecule has 0 atom stereocenters. The lowest BCUT2D eigenvalue weighted by Crippen LogP contribution is -1.85. The van der Waals surface area contributed by atoms with Gasteiger partial charge >= 0.3 is 0 Å². The minimum absolute atomic E-state index is 0.961. The molecule has 0 N–H and O–H groups in total. The Morgan fingerprint density at radius 2 is 2.00 bits per heavy atom. The topological polar surface area (TPSA) is 30.2 Å². The zero-order chi connectivity index (χ0) is 10.1. The smallest absolute Gasteiger partial charge is 0.136 e. The summed E-state index contributed by atoms with van der Waals surface area (Å²) in [6, 6.07) is 8.04. The van der Waals surface area contributed by atoms with Crippen LogP contribution >= 0.6 is 0 Å². The van der Waals surface area contributed by atoms with E-state index in [2.05, 4.69) is 22.2 Å². The van der Waals surface area contributed by atoms with Crippen LogP contribution in [0.25, 0.3) is 16.8 Å². The summed E-state index contributed by atoms with van der Waals surface area (Å²) in [5, 5.41) is 0. The van der Waals surface area contributed by atoms with Gasteiger partial charge in [0.05, 0.1) is 0 Å². The molecule has 0 saturated heterocycles. The summed E-state index contributed by atoms with van der Waals surface area (Å²) < 4.78 is 2.00. The molecule has 0 saturated carbocycles. The Bertz CT molecular complexity index is 584. The first-order valence-electron chi connectivity index (χ1n) is 4.76. The molecule has 0 spiro atoms. The Kier molecular flexibility index (Phi) is 1.75. The van der Waals surface area contributed by atoms with Crippen LogP contribution in [0.2, 0.25) is 0 Å². The third-order valence-electron chi connectivity index (χ3n) is 2.38. The number of rotatable bonds is 1. The van der Waals surface area contributed by atoms with Crippen molar-refractivity contribution in [1.82, 2.24) is 14.4 Å². The van der Waals surface area contributed by atoms with Crippen molar-refractivity contribution in [2.24, 2.45) is 0 Å². The van der Waals surface area contributed by atoms with Gasteiger partial charge in [0.1, 0.15) is 5.65 Å². The molecule has 0 radical (unpaired) electrons. The highest BCUT2D eigenvalue weighted by atomic mass is 15.0. The lowest BCUT2D eigenvalue weighted by Gasteiger charge is -2.01. The van der Waals surface area contributed by atoms with Gasteiger partial charge in [-0.15, -0.1) is 0 Å². The number of nitrogens with zero attached hydrogens (tertiary/aromatic N) is 3. The van der Waals surface area contributed by atoms with E-state index in [9.17, 15) is 0 Å². The molecule has 72 valence electrons. The molecule has 0 aliphatic heterocycles. The predicted molar refractivity (Wildman–Crippen MR) is 58.4 cm³/mol. The molecule has 3 aromatic rings. The number of fused-ring (bicyclic) bond motifs is 1. The van der Waals surface area contributed by atoms with Crippen molar-refractivity contribution < 1.29 is 0 Å². The molecule has 3 aromatic heterocycles. The van der Waals surface area contributed by atoms with E-state index in [4.69, 9.17) is 0 Å². The first kappa shape index (κ1) is 8.17. The molecule has 0 bridgehead atoms. The Morgan fingerprint density at radius 1 is 1.00 bits per heavy atom. The van der Waals surface area contributed by atoms with Crippen molar-refractivity contribution in [3.63, 3.8) is 0 Å². The van der Waals surface area contributed by atoms with Crippen LogP contribution in [0.15, 0.2) is 55.2 Å². The second-order valence-corrected chi connectivity index (χ2v) is 3.35. The molecule has 0 fully saturated rings. The lowest BCUT2D eigenvalue weighted by atomic mass is 10.1. The SMILES string of the molecule is c1cncc(-c2ccc3nccn3c2)c1. The van der Waals surface area contributed by atoms with Gasteiger partial charge in [0, 0.05) is 36.5 Å². The van der Waals surface area contributed by atoms with Crippen molar-refractivity contribution in [2.45, 2.75) is 0 Å². The summed E-state index contributed by atoms with van der Waals surface area (Å²) in [7, 11) is 0. The first-order valence-corrected chi connectivity index (χ1v) is 4.76. The number of pyridine rings is 2. The van der Waals surface area contributed by atoms with Crippen LogP contribution in [0.4, 0.5) is 0 Å². The van der Waals surface area contributed by atoms with Gasteiger partial charge in [-0.25, -0.2) is 4.98 Å². The average Bonchev–Trinajstić information content (AvgIpc) is 2.77. The monoisotopic (exact) mass is 195 g/mol. The fourth-order valence-electron chi connectivity index (χ4n) is 1.62. The van der Waals surface area contributed by atoms with E-state index < -0.39 is 0 Å². The standard InChI is InChI=1S/C12H9N3/c1-2-10(8-13-5-1)11-3-4-12-14-6-7-15(12)9-11/h1-9H. The first-order chi connectivity index (χ1) is 7.43. The fraction of sp³-hybridized carbons (Fsp3) is 0. The molecule has 0 amide bonds. The number of hydrogen-bond acceptors (Lipinski definition) is 2. The van der Waals surface area contributed by atoms with Gasteiger partial charge in [0.15, 0.2) is 0 Å². The van der Waals surface area contributed by atoms with Gasteiger partial charge in [-0.1, -0.05) is 6.07 Å². The van der Waals surface area contributed by atoms with Crippen LogP contribution in [-0.2, 0) is 0 Å². The Labute approximate surface area is 87.0 Å². The molecule has 3 heteroatoms. The van der Waals surface area contributed by atoms with Crippen LogP contribution in [0.3, 0.4) is 0 Å². The van der Waals surface area contributed by atoms with Gasteiger partial charge in [0.25, 0.3) is 0 Å². The predicted octanol–water partition coefficient (Wildman–Crippen LogP) is 2.40. The highest BCUT2D eigenvalue weighted by molar-refractivity contribution is 5.63. The Hall–Kier alpha value is -2.16. The molecule has 0 aliphatic rings. The molecule has 3 heterocycles. The normalized spacial score (nSPS) is 10.7. The van der Waals surface area contributed by atoms with Gasteiger partial charge < -0.3 is 4.40 Å². The maximum atomic E-state index is 4.20. The highest BCUT2D eigenvalue weighted by Crippen LogP contribution is 2.17. The molecule has 15 heavy (non-hydrogen) atoms. The van der Waals surface area contributed by atoms with E-state index in [1.54, 1.807) is 12.4 Å². The third-order valence-corrected chi connectivity index (χ3v) is 2.38. The van der Waals surface area contributed by atoms with Crippen LogP contribution in [0.1, 0.15) is 0 Å². The Balaban J connectivity index is 2.19. The molecule has 0 aromatic carbocycles. The molecule has 0 aliphatic carbocycles. The fourth-order valence-corrected chi connectivity index (χ4v) is 1.62. The second-order valence-electron chi connectivity index (χ2n) is 3.35. The van der Waals surface area contributed by atoms with Gasteiger partial charge in [-0.2, -0.15) is 0 Å². The van der Waals surface area contributed by atoms with Crippen LogP contribution in [0, 0.1) is 0 Å². The van der Waals surface area contributed by atoms with Crippen molar-refractivity contribution >= 4 is 5.65 Å². The van der Waals surface area contributed by atoms with Crippen molar-refractivity contribution in [2.75, 3.05) is 0 Å². The molecular formula is C12H9N3. The Morgan fingerprint density at radius 3 is 2.87 bits per heavy atom. The van der Waals surface area contributed by atoms with Crippen LogP contribution < -0.4 is 0 Å². The van der Waals surface area contributed by atoms with Gasteiger partial charge in [-0.3, -0.25) is 4.98 Å². The molecule has 0 unspecified atom stereocenters. The van der Waals surface area contributed by atoms with E-state index in [-0.39, 0.29) is 0 Å². The van der Waals surface area contributed by atoms with Gasteiger partial charge in [0.2, 0.25) is 0 Å². The summed E-state index contributed by atoms with van der Waals surface area (Å²) in [5.41, 5.74) is 3.23. The molecule has 3 rings (SSSR count). The number of hydrogen-bond donors (Lipinski definition) is 0. The third kappa shape index (κ3) is 1.38. The maximum Gasteiger partial charge on any atom is 0.136 e. The van der Waals surface area contributed by atoms with Crippen molar-refractivity contribution in [3.05, 3.63) is 55.2 Å². The van der Waals surface area contributed by atoms with Crippen molar-refractivity contribution in [1.29, 1.82) is 0 Å². The van der Waals surface area contributed by atoms with Crippen molar-refractivity contribution in [3.8, 4) is 11.1 Å². The maximum absolute atomic E-state index is 4.20. The largest absolute Gasteiger partial charge is 0.306 e. The second kappa shape index (κ2) is 3.20. The number of aromatic nitrogens is 3. The average molecular weight is 195 g/mol. The zero-order valence-corrected chi connectivity index (χ0v) is 8.04. The lowest BCUT2D eigenvalue weighted by molar-refractivity contribution is 1.18. The minimum Gasteiger partial charge on any atom is -0.306 e. The summed E-state index contributed by atoms with van der Waals surface area (Å²) >= 11 is 0. The quantitative estimate of drug-likeness (QED) is 0.596. The number of imidazole rings is 1. The summed E-state index contributed by atoms with van der Waals surface area (Å²) in [6.45, 7) is 0. The molecular weight excluding hydrogens is 186 g/mol. The van der Waals surface area contributed by atoms with Gasteiger partial charge in [-0.05, 0) is 23.8 Å². The summed E-state index contributed by atoms with van der Waals surface area (Å²) in [4.78, 5) is 8.30. The van der Waals surface area contributed by atoms with E-state index in [0.717, 1.165) is 16.8 Å². The van der Waals surface area contributed by atoms with E-state index in [1.165, 1.54) is 0 Å². The zero-order valence-electron chi connectivity index (χ0n) is 8.04. The van der Waals surface area contributed by atoms with Crippen LogP contribution in [0.5, 0.6) is 0 Å². The highest BCUT2D eigenvalue weighted by Gasteiger charge is 1.98. The van der Waals surface area contributed by atoms with E-state index in [0.29, 0.717) is 0 Å². The summed E-state index contributed by atoms with van der Waals surface area (Å²) in [5.74, 6) is 0. The van der Waals surface area contributed by atoms with Crippen LogP contribution in [-0.4, -0.2) is 14.4 Å². The minimum atomic E-state index is 0.961.